The van der Waals surface area contributed by atoms with Crippen molar-refractivity contribution in [3.05, 3.63) is 27.5 Å². The Bertz CT molecular complexity index is 427. The van der Waals surface area contributed by atoms with E-state index in [9.17, 15) is 8.42 Å². The highest BCUT2D eigenvalue weighted by Gasteiger charge is 2.13. The summed E-state index contributed by atoms with van der Waals surface area (Å²) in [6, 6.07) is 3.08. The van der Waals surface area contributed by atoms with Crippen LogP contribution in [0.15, 0.2) is 20.9 Å². The van der Waals surface area contributed by atoms with E-state index in [0.29, 0.717) is 0 Å². The summed E-state index contributed by atoms with van der Waals surface area (Å²) in [6.45, 7) is 1.78. The minimum atomic E-state index is -3.76. The van der Waals surface area contributed by atoms with Crippen molar-refractivity contribution in [1.82, 2.24) is 0 Å². The van der Waals surface area contributed by atoms with E-state index in [1.54, 1.807) is 13.0 Å². The Morgan fingerprint density at radius 2 is 2.25 bits per heavy atom. The molecule has 1 aromatic heterocycles. The molecule has 0 amide bonds. The molecule has 0 aromatic carbocycles. The molecule has 64 valence electrons. The van der Waals surface area contributed by atoms with Gasteiger partial charge in [0.15, 0.2) is 0 Å². The first-order valence-corrected chi connectivity index (χ1v) is 5.20. The number of aryl methyl sites for hydroxylation is 1. The van der Waals surface area contributed by atoms with E-state index < -0.39 is 10.0 Å². The molecule has 1 heterocycles. The summed E-state index contributed by atoms with van der Waals surface area (Å²) in [6.07, 6.45) is 0. The molecular weight excluding hydrogens is 198 g/mol. The van der Waals surface area contributed by atoms with Crippen LogP contribution in [-0.4, -0.2) is 8.42 Å². The van der Waals surface area contributed by atoms with Crippen LogP contribution in [0.2, 0.25) is 0 Å². The minimum absolute atomic E-state index is 0.0813. The number of hydrogen-bond donors (Lipinski definition) is 0. The van der Waals surface area contributed by atoms with Gasteiger partial charge in [-0.3, -0.25) is 0 Å². The number of sulfonamides is 1. The zero-order chi connectivity index (χ0) is 9.19. The maximum absolute atomic E-state index is 11.0. The third-order valence-corrected chi connectivity index (χ3v) is 3.72. The first-order valence-electron chi connectivity index (χ1n) is 2.94. The molecule has 0 unspecified atom stereocenters. The fraction of sp³-hybridized carbons (Fsp3) is 0.200. The quantitative estimate of drug-likeness (QED) is 0.418. The van der Waals surface area contributed by atoms with Crippen molar-refractivity contribution >= 4 is 21.4 Å². The standard InChI is InChI=1S/C5H5N3O2S2/c1-4-2-3-5(11-4)12(9,10)8-7-6/h2-3H,1H3. The summed E-state index contributed by atoms with van der Waals surface area (Å²) in [5.74, 6) is 0. The Morgan fingerprint density at radius 1 is 1.58 bits per heavy atom. The molecule has 12 heavy (non-hydrogen) atoms. The number of rotatable bonds is 2. The van der Waals surface area contributed by atoms with Crippen molar-refractivity contribution in [3.8, 4) is 0 Å². The lowest BCUT2D eigenvalue weighted by Gasteiger charge is -1.87. The Balaban J connectivity index is 3.23. The van der Waals surface area contributed by atoms with Crippen LogP contribution in [0.4, 0.5) is 0 Å². The van der Waals surface area contributed by atoms with Gasteiger partial charge in [-0.05, 0) is 24.6 Å². The lowest BCUT2D eigenvalue weighted by molar-refractivity contribution is 0.599. The molecule has 0 spiro atoms. The zero-order valence-electron chi connectivity index (χ0n) is 6.13. The highest BCUT2D eigenvalue weighted by molar-refractivity contribution is 7.92. The molecule has 0 N–H and O–H groups in total. The van der Waals surface area contributed by atoms with Gasteiger partial charge in [0.05, 0.1) is 0 Å². The van der Waals surface area contributed by atoms with Crippen LogP contribution < -0.4 is 0 Å². The average molecular weight is 203 g/mol. The Morgan fingerprint density at radius 3 is 2.67 bits per heavy atom. The van der Waals surface area contributed by atoms with Crippen molar-refractivity contribution < 1.29 is 8.42 Å². The maximum Gasteiger partial charge on any atom is 0.273 e. The van der Waals surface area contributed by atoms with Crippen LogP contribution in [0.3, 0.4) is 0 Å². The van der Waals surface area contributed by atoms with Gasteiger partial charge >= 0.3 is 0 Å². The fourth-order valence-corrected chi connectivity index (χ4v) is 2.56. The largest absolute Gasteiger partial charge is 0.273 e. The number of azide groups is 1. The van der Waals surface area contributed by atoms with Gasteiger partial charge in [0.25, 0.3) is 10.0 Å². The van der Waals surface area contributed by atoms with Gasteiger partial charge in [-0.1, -0.05) is 0 Å². The summed E-state index contributed by atoms with van der Waals surface area (Å²) in [4.78, 5) is 3.10. The lowest BCUT2D eigenvalue weighted by atomic mass is 10.5. The van der Waals surface area contributed by atoms with Gasteiger partial charge in [-0.15, -0.1) is 11.3 Å². The van der Waals surface area contributed by atoms with Crippen LogP contribution in [0.1, 0.15) is 4.88 Å². The summed E-state index contributed by atoms with van der Waals surface area (Å²) in [5.41, 5.74) is 7.95. The maximum atomic E-state index is 11.0. The van der Waals surface area contributed by atoms with Gasteiger partial charge in [-0.25, -0.2) is 8.42 Å². The summed E-state index contributed by atoms with van der Waals surface area (Å²) < 4.78 is 24.9. The van der Waals surface area contributed by atoms with E-state index in [1.165, 1.54) is 6.07 Å². The van der Waals surface area contributed by atoms with Crippen LogP contribution in [0.5, 0.6) is 0 Å². The molecule has 1 rings (SSSR count). The molecule has 0 aliphatic rings. The second kappa shape index (κ2) is 3.14. The van der Waals surface area contributed by atoms with Gasteiger partial charge in [0, 0.05) is 14.3 Å². The highest BCUT2D eigenvalue weighted by Crippen LogP contribution is 2.22. The first-order chi connectivity index (χ1) is 5.56. The Kier molecular flexibility index (Phi) is 2.37. The Hall–Kier alpha value is -1.04. The second-order valence-electron chi connectivity index (χ2n) is 2.01. The number of thiophene rings is 1. The topological polar surface area (TPSA) is 82.9 Å². The monoisotopic (exact) mass is 203 g/mol. The molecule has 0 saturated carbocycles. The smallest absolute Gasteiger partial charge is 0.215 e. The molecular formula is C5H5N3O2S2. The third kappa shape index (κ3) is 1.76. The van der Waals surface area contributed by atoms with Gasteiger partial charge < -0.3 is 0 Å². The molecule has 0 atom stereocenters. The first kappa shape index (κ1) is 9.05. The van der Waals surface area contributed by atoms with E-state index >= 15 is 0 Å². The molecule has 0 bridgehead atoms. The van der Waals surface area contributed by atoms with Crippen LogP contribution in [0, 0.1) is 6.92 Å². The van der Waals surface area contributed by atoms with E-state index in [-0.39, 0.29) is 4.21 Å². The minimum Gasteiger partial charge on any atom is -0.215 e. The van der Waals surface area contributed by atoms with Gasteiger partial charge in [0.1, 0.15) is 4.21 Å². The van der Waals surface area contributed by atoms with Crippen LogP contribution >= 0.6 is 11.3 Å². The van der Waals surface area contributed by atoms with Crippen LogP contribution in [-0.2, 0) is 10.0 Å². The van der Waals surface area contributed by atoms with Crippen molar-refractivity contribution in [2.75, 3.05) is 0 Å². The second-order valence-corrected chi connectivity index (χ2v) is 5.11. The summed E-state index contributed by atoms with van der Waals surface area (Å²) >= 11 is 1.08. The fourth-order valence-electron chi connectivity index (χ4n) is 0.639. The normalized spacial score (nSPS) is 10.8. The molecule has 0 fully saturated rings. The predicted octanol–water partition coefficient (Wildman–Crippen LogP) is 2.06. The van der Waals surface area contributed by atoms with E-state index in [1.807, 2.05) is 0 Å². The SMILES string of the molecule is Cc1ccc(S(=O)(=O)N=[N+]=[N-])s1. The average Bonchev–Trinajstić information content (AvgIpc) is 2.36. The molecule has 0 radical (unpaired) electrons. The molecule has 0 saturated heterocycles. The molecule has 7 heteroatoms. The molecule has 5 nitrogen and oxygen atoms in total. The van der Waals surface area contributed by atoms with Crippen molar-refractivity contribution in [2.45, 2.75) is 11.1 Å². The zero-order valence-corrected chi connectivity index (χ0v) is 7.76. The highest BCUT2D eigenvalue weighted by atomic mass is 32.2. The third-order valence-electron chi connectivity index (χ3n) is 1.11. The van der Waals surface area contributed by atoms with E-state index in [4.69, 9.17) is 5.53 Å². The summed E-state index contributed by atoms with van der Waals surface area (Å²) in [7, 11) is -3.76. The van der Waals surface area contributed by atoms with E-state index in [2.05, 4.69) is 9.43 Å². The summed E-state index contributed by atoms with van der Waals surface area (Å²) in [5, 5.41) is 0. The van der Waals surface area contributed by atoms with Gasteiger partial charge in [-0.2, -0.15) is 0 Å². The molecule has 1 aromatic rings. The van der Waals surface area contributed by atoms with Crippen molar-refractivity contribution in [1.29, 1.82) is 0 Å². The number of hydrogen-bond acceptors (Lipinski definition) is 3. The van der Waals surface area contributed by atoms with Crippen molar-refractivity contribution in [2.24, 2.45) is 4.52 Å². The van der Waals surface area contributed by atoms with Gasteiger partial charge in [0.2, 0.25) is 0 Å². The molecule has 0 aliphatic heterocycles. The molecule has 0 aliphatic carbocycles. The van der Waals surface area contributed by atoms with Crippen LogP contribution in [0.25, 0.3) is 10.4 Å². The predicted molar refractivity (Wildman–Crippen MR) is 45.4 cm³/mol. The van der Waals surface area contributed by atoms with E-state index in [0.717, 1.165) is 16.2 Å². The van der Waals surface area contributed by atoms with Crippen molar-refractivity contribution in [3.63, 3.8) is 0 Å². The number of nitrogens with zero attached hydrogens (tertiary/aromatic N) is 3. The Labute approximate surface area is 73.3 Å². The lowest BCUT2D eigenvalue weighted by Crippen LogP contribution is -1.89.